The summed E-state index contributed by atoms with van der Waals surface area (Å²) in [6, 6.07) is 18.0. The van der Waals surface area contributed by atoms with Crippen molar-refractivity contribution in [1.82, 2.24) is 4.90 Å². The van der Waals surface area contributed by atoms with Gasteiger partial charge in [0.05, 0.1) is 0 Å². The van der Waals surface area contributed by atoms with Gasteiger partial charge in [0, 0.05) is 50.9 Å². The van der Waals surface area contributed by atoms with Crippen molar-refractivity contribution >= 4 is 5.69 Å². The molecule has 1 aliphatic heterocycles. The first-order chi connectivity index (χ1) is 15.5. The molecule has 4 rings (SSSR count). The lowest BCUT2D eigenvalue weighted by Crippen LogP contribution is -2.47. The van der Waals surface area contributed by atoms with E-state index in [2.05, 4.69) is 41.0 Å². The number of hydrogen-bond acceptors (Lipinski definition) is 3. The number of para-hydroxylation sites is 1. The maximum Gasteiger partial charge on any atom is 0.162 e. The first-order valence-corrected chi connectivity index (χ1v) is 10.9. The summed E-state index contributed by atoms with van der Waals surface area (Å²) in [6.45, 7) is 6.65. The fraction of sp³-hybridized carbons (Fsp3) is 0.308. The van der Waals surface area contributed by atoms with E-state index in [4.69, 9.17) is 4.74 Å². The van der Waals surface area contributed by atoms with Crippen molar-refractivity contribution in [2.75, 3.05) is 37.6 Å². The Morgan fingerprint density at radius 3 is 2.25 bits per heavy atom. The van der Waals surface area contributed by atoms with Crippen LogP contribution in [-0.4, -0.2) is 37.6 Å². The van der Waals surface area contributed by atoms with Gasteiger partial charge in [-0.25, -0.2) is 13.2 Å². The predicted molar refractivity (Wildman–Crippen MR) is 121 cm³/mol. The average molecular weight is 441 g/mol. The van der Waals surface area contributed by atoms with Gasteiger partial charge in [-0.1, -0.05) is 30.3 Å². The van der Waals surface area contributed by atoms with Gasteiger partial charge >= 0.3 is 0 Å². The lowest BCUT2D eigenvalue weighted by atomic mass is 10.1. The molecule has 3 nitrogen and oxygen atoms in total. The summed E-state index contributed by atoms with van der Waals surface area (Å²) in [7, 11) is 0. The van der Waals surface area contributed by atoms with Crippen LogP contribution in [-0.2, 0) is 0 Å². The highest BCUT2D eigenvalue weighted by Crippen LogP contribution is 2.27. The van der Waals surface area contributed by atoms with E-state index in [0.29, 0.717) is 6.42 Å². The zero-order chi connectivity index (χ0) is 22.5. The minimum Gasteiger partial charge on any atom is -0.486 e. The van der Waals surface area contributed by atoms with Gasteiger partial charge in [-0.3, -0.25) is 4.90 Å². The molecule has 32 heavy (non-hydrogen) atoms. The molecule has 0 saturated carbocycles. The summed E-state index contributed by atoms with van der Waals surface area (Å²) < 4.78 is 46.4. The van der Waals surface area contributed by atoms with Crippen LogP contribution in [0.5, 0.6) is 5.75 Å². The number of rotatable bonds is 7. The van der Waals surface area contributed by atoms with Gasteiger partial charge in [-0.05, 0) is 48.4 Å². The Hall–Kier alpha value is -2.99. The SMILES string of the molecule is Cc1ccccc1N1CCN(CCC(Oc2ccc(F)c(F)c2)c2ccc(F)cc2)CC1. The van der Waals surface area contributed by atoms with Gasteiger partial charge in [-0.15, -0.1) is 0 Å². The summed E-state index contributed by atoms with van der Waals surface area (Å²) in [4.78, 5) is 4.78. The van der Waals surface area contributed by atoms with E-state index in [1.54, 1.807) is 12.1 Å². The fourth-order valence-corrected chi connectivity index (χ4v) is 4.12. The van der Waals surface area contributed by atoms with E-state index in [0.717, 1.165) is 50.4 Å². The monoisotopic (exact) mass is 440 g/mol. The molecule has 0 radical (unpaired) electrons. The molecule has 0 aliphatic carbocycles. The Morgan fingerprint density at radius 1 is 0.844 bits per heavy atom. The van der Waals surface area contributed by atoms with Gasteiger partial charge in [-0.2, -0.15) is 0 Å². The van der Waals surface area contributed by atoms with Crippen molar-refractivity contribution in [3.05, 3.63) is 95.3 Å². The summed E-state index contributed by atoms with van der Waals surface area (Å²) in [6.07, 6.45) is 0.254. The normalized spacial score (nSPS) is 15.6. The zero-order valence-electron chi connectivity index (χ0n) is 18.1. The highest BCUT2D eigenvalue weighted by atomic mass is 19.2. The zero-order valence-corrected chi connectivity index (χ0v) is 18.1. The van der Waals surface area contributed by atoms with Crippen LogP contribution >= 0.6 is 0 Å². The number of hydrogen-bond donors (Lipinski definition) is 0. The second kappa shape index (κ2) is 10.1. The molecular formula is C26H27F3N2O. The van der Waals surface area contributed by atoms with Crippen LogP contribution in [0.4, 0.5) is 18.9 Å². The smallest absolute Gasteiger partial charge is 0.162 e. The van der Waals surface area contributed by atoms with Crippen molar-refractivity contribution in [2.45, 2.75) is 19.4 Å². The van der Waals surface area contributed by atoms with Crippen LogP contribution in [0.1, 0.15) is 23.7 Å². The second-order valence-corrected chi connectivity index (χ2v) is 8.14. The molecule has 1 saturated heterocycles. The molecule has 0 aromatic heterocycles. The molecule has 0 spiro atoms. The largest absolute Gasteiger partial charge is 0.486 e. The molecule has 168 valence electrons. The van der Waals surface area contributed by atoms with Crippen LogP contribution in [0.2, 0.25) is 0 Å². The van der Waals surface area contributed by atoms with Crippen molar-refractivity contribution in [3.8, 4) is 5.75 Å². The lowest BCUT2D eigenvalue weighted by molar-refractivity contribution is 0.159. The topological polar surface area (TPSA) is 15.7 Å². The highest BCUT2D eigenvalue weighted by molar-refractivity contribution is 5.53. The minimum atomic E-state index is -0.951. The van der Waals surface area contributed by atoms with Crippen LogP contribution in [0.25, 0.3) is 0 Å². The van der Waals surface area contributed by atoms with Gasteiger partial charge in [0.1, 0.15) is 17.7 Å². The third-order valence-corrected chi connectivity index (χ3v) is 5.95. The summed E-state index contributed by atoms with van der Waals surface area (Å²) >= 11 is 0. The van der Waals surface area contributed by atoms with Crippen molar-refractivity contribution in [3.63, 3.8) is 0 Å². The van der Waals surface area contributed by atoms with Gasteiger partial charge < -0.3 is 9.64 Å². The Balaban J connectivity index is 1.39. The minimum absolute atomic E-state index is 0.252. The van der Waals surface area contributed by atoms with E-state index in [9.17, 15) is 13.2 Å². The highest BCUT2D eigenvalue weighted by Gasteiger charge is 2.21. The molecular weight excluding hydrogens is 413 g/mol. The Bertz CT molecular complexity index is 1030. The molecule has 0 amide bonds. The fourth-order valence-electron chi connectivity index (χ4n) is 4.12. The third kappa shape index (κ3) is 5.43. The maximum absolute atomic E-state index is 13.6. The molecule has 1 heterocycles. The molecule has 0 bridgehead atoms. The second-order valence-electron chi connectivity index (χ2n) is 8.14. The quantitative estimate of drug-likeness (QED) is 0.466. The number of piperazine rings is 1. The first-order valence-electron chi connectivity index (χ1n) is 10.9. The standard InChI is InChI=1S/C26H27F3N2O/c1-19-4-2-3-5-25(19)31-16-14-30(15-17-31)13-12-26(20-6-8-21(27)9-7-20)32-22-10-11-23(28)24(29)18-22/h2-11,18,26H,12-17H2,1H3. The number of halogens is 3. The van der Waals surface area contributed by atoms with Crippen molar-refractivity contribution in [1.29, 1.82) is 0 Å². The van der Waals surface area contributed by atoms with E-state index in [1.807, 2.05) is 0 Å². The predicted octanol–water partition coefficient (Wildman–Crippen LogP) is 5.74. The number of anilines is 1. The Morgan fingerprint density at radius 2 is 1.56 bits per heavy atom. The molecule has 1 unspecified atom stereocenters. The Labute approximate surface area is 187 Å². The molecule has 3 aromatic rings. The average Bonchev–Trinajstić information content (AvgIpc) is 2.80. The number of benzene rings is 3. The van der Waals surface area contributed by atoms with Gasteiger partial charge in [0.15, 0.2) is 11.6 Å². The molecule has 3 aromatic carbocycles. The van der Waals surface area contributed by atoms with Crippen LogP contribution in [0, 0.1) is 24.4 Å². The van der Waals surface area contributed by atoms with Gasteiger partial charge in [0.2, 0.25) is 0 Å². The van der Waals surface area contributed by atoms with Crippen molar-refractivity contribution in [2.24, 2.45) is 0 Å². The third-order valence-electron chi connectivity index (χ3n) is 5.95. The van der Waals surface area contributed by atoms with E-state index >= 15 is 0 Å². The molecule has 0 N–H and O–H groups in total. The number of nitrogens with zero attached hydrogens (tertiary/aromatic N) is 2. The maximum atomic E-state index is 13.6. The summed E-state index contributed by atoms with van der Waals surface area (Å²) in [5, 5.41) is 0. The van der Waals surface area contributed by atoms with Crippen LogP contribution < -0.4 is 9.64 Å². The van der Waals surface area contributed by atoms with Crippen LogP contribution in [0.15, 0.2) is 66.7 Å². The number of aryl methyl sites for hydroxylation is 1. The van der Waals surface area contributed by atoms with E-state index < -0.39 is 17.7 Å². The first kappa shape index (κ1) is 22.2. The summed E-state index contributed by atoms with van der Waals surface area (Å²) in [5.41, 5.74) is 3.35. The Kier molecular flexibility index (Phi) is 7.00. The molecule has 1 fully saturated rings. The molecule has 6 heteroatoms. The molecule has 1 atom stereocenters. The number of ether oxygens (including phenoxy) is 1. The summed E-state index contributed by atoms with van der Waals surface area (Å²) in [5.74, 6) is -1.94. The lowest BCUT2D eigenvalue weighted by Gasteiger charge is -2.37. The van der Waals surface area contributed by atoms with Crippen molar-refractivity contribution < 1.29 is 17.9 Å². The van der Waals surface area contributed by atoms with Gasteiger partial charge in [0.25, 0.3) is 0 Å². The van der Waals surface area contributed by atoms with E-state index in [-0.39, 0.29) is 11.6 Å². The van der Waals surface area contributed by atoms with Crippen LogP contribution in [0.3, 0.4) is 0 Å². The van der Waals surface area contributed by atoms with E-state index in [1.165, 1.54) is 29.4 Å². The molecule has 1 aliphatic rings.